The second-order valence-corrected chi connectivity index (χ2v) is 35.4. The number of carbonyl (C=O) groups is 6. The van der Waals surface area contributed by atoms with Crippen molar-refractivity contribution >= 4 is 47.3 Å². The predicted octanol–water partition coefficient (Wildman–Crippen LogP) is 8.29. The van der Waals surface area contributed by atoms with E-state index in [9.17, 15) is 33.9 Å². The van der Waals surface area contributed by atoms with E-state index in [0.29, 0.717) is 382 Å². The van der Waals surface area contributed by atoms with Crippen LogP contribution in [0.4, 0.5) is 0 Å². The van der Waals surface area contributed by atoms with Crippen LogP contribution >= 0.6 is 11.8 Å². The Morgan fingerprint density at radius 1 is 0.252 bits per heavy atom. The molecule has 43 heteroatoms. The lowest BCUT2D eigenvalue weighted by molar-refractivity contribution is -0.149. The first kappa shape index (κ1) is 143. The van der Waals surface area contributed by atoms with Gasteiger partial charge in [-0.25, -0.2) is 0 Å². The fourth-order valence-electron chi connectivity index (χ4n) is 13.3. The third kappa shape index (κ3) is 120. The standard InChI is InChI=1S/C104H203N5O37S/c1-3-5-7-9-11-13-15-17-19-21-23-25-27-31-101(113)145-35-29-30-96(146-102(114)32-28-26-24-22-20-18-16-14-12-10-8-6-4-2)94-147-95-97(105)103(115)109-98(93-110)104(116)107-34-37-118-39-41-120-43-45-122-47-49-124-51-53-126-55-57-128-59-61-130-63-65-132-67-69-134-71-73-136-75-77-138-79-81-140-83-85-142-87-89-144-91-90-143-88-86-141-84-82-139-80-78-137-76-74-135-72-70-133-68-66-131-64-62-129-60-58-127-56-54-125-52-50-123-48-46-121-44-42-119-40-38-117-36-33-100(112)108-92-99(106)111/h96-98,110H,3-95,105H2,1-2H3,(H2,106,111)(H,107,116)(H,108,112)(H,109,115)/t96-,97+,98+/m1/s1. The van der Waals surface area contributed by atoms with Crippen LogP contribution in [0.25, 0.3) is 0 Å². The van der Waals surface area contributed by atoms with E-state index in [2.05, 4.69) is 29.8 Å². The highest BCUT2D eigenvalue weighted by Gasteiger charge is 2.25. The molecule has 0 aromatic rings. The van der Waals surface area contributed by atoms with E-state index in [-0.39, 0.29) is 69.5 Å². The van der Waals surface area contributed by atoms with E-state index < -0.39 is 42.5 Å². The number of aliphatic hydroxyl groups excluding tert-OH is 1. The Labute approximate surface area is 885 Å². The van der Waals surface area contributed by atoms with Gasteiger partial charge in [-0.1, -0.05) is 168 Å². The highest BCUT2D eigenvalue weighted by atomic mass is 32.2. The quantitative estimate of drug-likeness (QED) is 0.0246. The molecular weight excluding hydrogens is 1940 g/mol. The smallest absolute Gasteiger partial charge is 0.306 e. The van der Waals surface area contributed by atoms with Crippen LogP contribution in [0.3, 0.4) is 0 Å². The zero-order valence-corrected chi connectivity index (χ0v) is 91.5. The average Bonchev–Trinajstić information content (AvgIpc) is 0.904. The summed E-state index contributed by atoms with van der Waals surface area (Å²) < 4.78 is 166. The SMILES string of the molecule is CCCCCCCCCCCCCCCC(=O)OCCC[C@H](CSC[C@H](N)C(=O)N[C@@H](CO)C(=O)NCCOCCOCCOCCOCCOCCOCCOCCOCCOCCOCCOCCOCCOCCOCCOCCOCCOCCOCCOCCOCCOCCOCCOCCOCCOCCOCCOCCOCCC(=O)NCC(N)=O)OC(=O)CCCCCCCCCCCCCCC. The van der Waals surface area contributed by atoms with Gasteiger partial charge in [0.05, 0.1) is 396 Å². The van der Waals surface area contributed by atoms with E-state index in [4.69, 9.17) is 154 Å². The molecule has 4 amide bonds. The van der Waals surface area contributed by atoms with E-state index in [1.165, 1.54) is 140 Å². The number of hydrogen-bond acceptors (Lipinski definition) is 39. The number of nitrogens with two attached hydrogens (primary N) is 2. The van der Waals surface area contributed by atoms with Crippen molar-refractivity contribution in [2.75, 3.05) is 408 Å². The molecule has 0 aliphatic rings. The van der Waals surface area contributed by atoms with Gasteiger partial charge in [-0.05, 0) is 25.7 Å². The van der Waals surface area contributed by atoms with Gasteiger partial charge in [0, 0.05) is 37.3 Å². The number of amides is 4. The maximum atomic E-state index is 13.1. The van der Waals surface area contributed by atoms with Crippen LogP contribution in [0.5, 0.6) is 0 Å². The van der Waals surface area contributed by atoms with Gasteiger partial charge in [-0.15, -0.1) is 0 Å². The molecule has 42 nitrogen and oxygen atoms in total. The van der Waals surface area contributed by atoms with Crippen molar-refractivity contribution < 1.29 is 176 Å². The molecule has 0 saturated heterocycles. The maximum Gasteiger partial charge on any atom is 0.306 e. The summed E-state index contributed by atoms with van der Waals surface area (Å²) in [5.74, 6) is -1.95. The largest absolute Gasteiger partial charge is 0.466 e. The zero-order valence-electron chi connectivity index (χ0n) is 90.7. The Hall–Kier alpha value is -4.03. The molecule has 872 valence electrons. The molecule has 147 heavy (non-hydrogen) atoms. The topological polar surface area (TPSA) is 488 Å². The number of nitrogens with one attached hydrogen (secondary N) is 3. The van der Waals surface area contributed by atoms with Crippen LogP contribution in [0.1, 0.15) is 213 Å². The molecular formula is C104H203N5O37S. The molecule has 0 aromatic heterocycles. The molecule has 0 spiro atoms. The molecule has 0 aromatic carbocycles. The highest BCUT2D eigenvalue weighted by Crippen LogP contribution is 2.19. The average molecular weight is 2150 g/mol. The van der Waals surface area contributed by atoms with Crippen molar-refractivity contribution in [3.63, 3.8) is 0 Å². The maximum absolute atomic E-state index is 13.1. The van der Waals surface area contributed by atoms with Crippen molar-refractivity contribution in [2.24, 2.45) is 11.5 Å². The summed E-state index contributed by atoms with van der Waals surface area (Å²) in [4.78, 5) is 73.7. The fraction of sp³-hybridized carbons (Fsp3) is 0.942. The third-order valence-electron chi connectivity index (χ3n) is 21.5. The van der Waals surface area contributed by atoms with E-state index in [1.54, 1.807) is 0 Å². The summed E-state index contributed by atoms with van der Waals surface area (Å²) in [6.07, 6.45) is 33.3. The Balaban J connectivity index is 3.56. The first-order valence-electron chi connectivity index (χ1n) is 55.1. The fourth-order valence-corrected chi connectivity index (χ4v) is 14.3. The van der Waals surface area contributed by atoms with Crippen molar-refractivity contribution in [3.8, 4) is 0 Å². The van der Waals surface area contributed by atoms with Crippen molar-refractivity contribution in [1.82, 2.24) is 16.0 Å². The zero-order chi connectivity index (χ0) is 106. The van der Waals surface area contributed by atoms with Crippen LogP contribution in [-0.2, 0) is 171 Å². The molecule has 0 aliphatic carbocycles. The predicted molar refractivity (Wildman–Crippen MR) is 558 cm³/mol. The molecule has 0 unspecified atom stereocenters. The molecule has 0 radical (unpaired) electrons. The van der Waals surface area contributed by atoms with Gasteiger partial charge in [0.25, 0.3) is 0 Å². The van der Waals surface area contributed by atoms with Crippen LogP contribution in [0.2, 0.25) is 0 Å². The van der Waals surface area contributed by atoms with Crippen LogP contribution < -0.4 is 27.4 Å². The molecule has 0 rings (SSSR count). The molecule has 0 saturated carbocycles. The molecule has 0 heterocycles. The van der Waals surface area contributed by atoms with E-state index in [1.807, 2.05) is 0 Å². The second-order valence-electron chi connectivity index (χ2n) is 34.3. The van der Waals surface area contributed by atoms with Gasteiger partial charge >= 0.3 is 11.9 Å². The number of thioether (sulfide) groups is 1. The summed E-state index contributed by atoms with van der Waals surface area (Å²) in [6.45, 7) is 28.4. The van der Waals surface area contributed by atoms with Gasteiger partial charge in [-0.3, -0.25) is 28.8 Å². The molecule has 8 N–H and O–H groups in total. The number of hydrogen-bond donors (Lipinski definition) is 6. The summed E-state index contributed by atoms with van der Waals surface area (Å²) >= 11 is 1.37. The van der Waals surface area contributed by atoms with E-state index in [0.717, 1.165) is 38.5 Å². The summed E-state index contributed by atoms with van der Waals surface area (Å²) in [5.41, 5.74) is 11.2. The van der Waals surface area contributed by atoms with Crippen molar-refractivity contribution in [2.45, 2.75) is 231 Å². The van der Waals surface area contributed by atoms with Gasteiger partial charge in [0.15, 0.2) is 0 Å². The first-order valence-corrected chi connectivity index (χ1v) is 56.3. The van der Waals surface area contributed by atoms with Gasteiger partial charge < -0.3 is 175 Å². The van der Waals surface area contributed by atoms with Crippen molar-refractivity contribution in [1.29, 1.82) is 0 Å². The minimum atomic E-state index is -1.21. The van der Waals surface area contributed by atoms with Crippen LogP contribution in [0.15, 0.2) is 0 Å². The molecule has 0 bridgehead atoms. The third-order valence-corrected chi connectivity index (χ3v) is 22.7. The van der Waals surface area contributed by atoms with Gasteiger partial charge in [0.2, 0.25) is 23.6 Å². The lowest BCUT2D eigenvalue weighted by Crippen LogP contribution is -2.54. The summed E-state index contributed by atoms with van der Waals surface area (Å²) in [6, 6.07) is -2.21. The van der Waals surface area contributed by atoms with Gasteiger partial charge in [0.1, 0.15) is 12.1 Å². The monoisotopic (exact) mass is 2150 g/mol. The lowest BCUT2D eigenvalue weighted by atomic mass is 10.0. The summed E-state index contributed by atoms with van der Waals surface area (Å²) in [5, 5.41) is 17.6. The van der Waals surface area contributed by atoms with Crippen LogP contribution in [0, 0.1) is 0 Å². The number of rotatable bonds is 130. The minimum Gasteiger partial charge on any atom is -0.466 e. The molecule has 3 atom stereocenters. The van der Waals surface area contributed by atoms with Crippen molar-refractivity contribution in [3.05, 3.63) is 0 Å². The Bertz CT molecular complexity index is 2690. The molecule has 0 fully saturated rings. The minimum absolute atomic E-state index is 0.145. The van der Waals surface area contributed by atoms with E-state index >= 15 is 0 Å². The van der Waals surface area contributed by atoms with Gasteiger partial charge in [-0.2, -0.15) is 11.8 Å². The number of primary amides is 1. The molecule has 0 aliphatic heterocycles. The Kier molecular flexibility index (Phi) is 122. The Morgan fingerprint density at radius 2 is 0.476 bits per heavy atom. The number of carbonyl (C=O) groups excluding carboxylic acids is 6. The summed E-state index contributed by atoms with van der Waals surface area (Å²) in [7, 11) is 0. The Morgan fingerprint density at radius 3 is 0.714 bits per heavy atom. The number of ether oxygens (including phenoxy) is 30. The normalized spacial score (nSPS) is 12.2. The van der Waals surface area contributed by atoms with Crippen LogP contribution in [-0.4, -0.2) is 467 Å². The number of unbranched alkanes of at least 4 members (excludes halogenated alkanes) is 24. The second kappa shape index (κ2) is 125. The first-order chi connectivity index (χ1) is 72.5. The highest BCUT2D eigenvalue weighted by molar-refractivity contribution is 7.99. The number of aliphatic hydroxyl groups is 1. The number of esters is 2. The lowest BCUT2D eigenvalue weighted by Gasteiger charge is -2.20.